The Hall–Kier alpha value is -2.53. The Morgan fingerprint density at radius 1 is 1.06 bits per heavy atom. The van der Waals surface area contributed by atoms with Crippen LogP contribution >= 0.6 is 11.6 Å². The molecule has 0 unspecified atom stereocenters. The van der Waals surface area contributed by atoms with Gasteiger partial charge in [-0.1, -0.05) is 69.6 Å². The van der Waals surface area contributed by atoms with Crippen molar-refractivity contribution in [1.29, 1.82) is 0 Å². The van der Waals surface area contributed by atoms with Crippen molar-refractivity contribution in [3.8, 4) is 5.75 Å². The molecule has 174 valence electrons. The molecule has 32 heavy (non-hydrogen) atoms. The van der Waals surface area contributed by atoms with E-state index in [1.54, 1.807) is 24.0 Å². The van der Waals surface area contributed by atoms with Crippen LogP contribution in [0.3, 0.4) is 0 Å². The van der Waals surface area contributed by atoms with Crippen LogP contribution in [0, 0.1) is 0 Å². The zero-order valence-electron chi connectivity index (χ0n) is 19.9. The summed E-state index contributed by atoms with van der Waals surface area (Å²) in [6, 6.07) is 14.4. The fourth-order valence-corrected chi connectivity index (χ4v) is 3.40. The summed E-state index contributed by atoms with van der Waals surface area (Å²) in [5.74, 6) is 0.240. The molecular formula is C26H35ClN2O3. The van der Waals surface area contributed by atoms with E-state index in [4.69, 9.17) is 16.3 Å². The summed E-state index contributed by atoms with van der Waals surface area (Å²) >= 11 is 6.00. The van der Waals surface area contributed by atoms with Gasteiger partial charge in [0.1, 0.15) is 11.8 Å². The molecule has 0 bridgehead atoms. The maximum atomic E-state index is 13.2. The second-order valence-corrected chi connectivity index (χ2v) is 9.61. The summed E-state index contributed by atoms with van der Waals surface area (Å²) in [6.45, 7) is 12.1. The number of hydrogen-bond donors (Lipinski definition) is 1. The lowest BCUT2D eigenvalue weighted by Crippen LogP contribution is -2.50. The van der Waals surface area contributed by atoms with Crippen LogP contribution in [-0.4, -0.2) is 35.4 Å². The van der Waals surface area contributed by atoms with Gasteiger partial charge in [0, 0.05) is 17.6 Å². The van der Waals surface area contributed by atoms with Crippen molar-refractivity contribution in [2.24, 2.45) is 0 Å². The monoisotopic (exact) mass is 458 g/mol. The number of amides is 2. The second kappa shape index (κ2) is 11.4. The van der Waals surface area contributed by atoms with Gasteiger partial charge in [0.2, 0.25) is 5.91 Å². The first-order valence-electron chi connectivity index (χ1n) is 11.1. The number of carbonyl (C=O) groups excluding carboxylic acids is 2. The summed E-state index contributed by atoms with van der Waals surface area (Å²) in [7, 11) is 0. The lowest BCUT2D eigenvalue weighted by atomic mass is 9.86. The fourth-order valence-electron chi connectivity index (χ4n) is 3.27. The van der Waals surface area contributed by atoms with Crippen molar-refractivity contribution < 1.29 is 14.3 Å². The van der Waals surface area contributed by atoms with Crippen molar-refractivity contribution in [3.05, 3.63) is 64.7 Å². The number of carbonyl (C=O) groups is 2. The Labute approximate surface area is 197 Å². The van der Waals surface area contributed by atoms with E-state index in [1.165, 1.54) is 0 Å². The van der Waals surface area contributed by atoms with E-state index >= 15 is 0 Å². The topological polar surface area (TPSA) is 58.6 Å². The first-order chi connectivity index (χ1) is 15.0. The van der Waals surface area contributed by atoms with Gasteiger partial charge in [-0.3, -0.25) is 9.59 Å². The molecule has 2 aromatic rings. The predicted octanol–water partition coefficient (Wildman–Crippen LogP) is 5.35. The zero-order valence-corrected chi connectivity index (χ0v) is 20.7. The lowest BCUT2D eigenvalue weighted by molar-refractivity contribution is -0.142. The molecule has 6 heteroatoms. The van der Waals surface area contributed by atoms with Gasteiger partial charge in [0.15, 0.2) is 6.61 Å². The van der Waals surface area contributed by atoms with Crippen molar-refractivity contribution in [2.45, 2.75) is 72.0 Å². The van der Waals surface area contributed by atoms with Crippen LogP contribution in [-0.2, 0) is 21.5 Å². The van der Waals surface area contributed by atoms with E-state index < -0.39 is 6.04 Å². The number of rotatable bonds is 9. The van der Waals surface area contributed by atoms with Crippen molar-refractivity contribution in [3.63, 3.8) is 0 Å². The molecule has 1 N–H and O–H groups in total. The molecule has 0 aromatic heterocycles. The van der Waals surface area contributed by atoms with Gasteiger partial charge in [-0.05, 0) is 55.0 Å². The summed E-state index contributed by atoms with van der Waals surface area (Å²) in [5, 5.41) is 3.59. The molecule has 5 nitrogen and oxygen atoms in total. The molecule has 0 spiro atoms. The highest BCUT2D eigenvalue weighted by atomic mass is 35.5. The molecule has 0 fully saturated rings. The maximum absolute atomic E-state index is 13.2. The molecule has 2 atom stereocenters. The summed E-state index contributed by atoms with van der Waals surface area (Å²) in [4.78, 5) is 27.6. The van der Waals surface area contributed by atoms with Crippen LogP contribution < -0.4 is 10.1 Å². The number of ether oxygens (including phenoxy) is 1. The Balaban J connectivity index is 2.21. The van der Waals surface area contributed by atoms with Crippen LogP contribution in [0.1, 0.15) is 59.1 Å². The van der Waals surface area contributed by atoms with E-state index in [0.29, 0.717) is 10.8 Å². The third-order valence-corrected chi connectivity index (χ3v) is 5.73. The second-order valence-electron chi connectivity index (χ2n) is 9.18. The van der Waals surface area contributed by atoms with E-state index in [-0.39, 0.29) is 36.4 Å². The number of hydrogen-bond acceptors (Lipinski definition) is 3. The fraction of sp³-hybridized carbons (Fsp3) is 0.462. The van der Waals surface area contributed by atoms with Crippen molar-refractivity contribution in [2.75, 3.05) is 6.61 Å². The third-order valence-electron chi connectivity index (χ3n) is 5.48. The van der Waals surface area contributed by atoms with Crippen molar-refractivity contribution in [1.82, 2.24) is 10.2 Å². The predicted molar refractivity (Wildman–Crippen MR) is 130 cm³/mol. The number of nitrogens with zero attached hydrogens (tertiary/aromatic N) is 1. The summed E-state index contributed by atoms with van der Waals surface area (Å²) < 4.78 is 5.95. The molecule has 2 rings (SSSR count). The van der Waals surface area contributed by atoms with Crippen molar-refractivity contribution >= 4 is 23.4 Å². The normalized spacial score (nSPS) is 13.2. The molecule has 0 aliphatic heterocycles. The highest BCUT2D eigenvalue weighted by Gasteiger charge is 2.28. The Bertz CT molecular complexity index is 906. The molecular weight excluding hydrogens is 424 g/mol. The van der Waals surface area contributed by atoms with Crippen LogP contribution in [0.25, 0.3) is 0 Å². The molecule has 0 aliphatic carbocycles. The molecule has 2 aromatic carbocycles. The van der Waals surface area contributed by atoms with Crippen LogP contribution in [0.4, 0.5) is 0 Å². The number of nitrogens with one attached hydrogen (secondary N) is 1. The first kappa shape index (κ1) is 25.7. The minimum atomic E-state index is -0.645. The van der Waals surface area contributed by atoms with Gasteiger partial charge in [0.25, 0.3) is 5.91 Å². The summed E-state index contributed by atoms with van der Waals surface area (Å²) in [5.41, 5.74) is 1.80. The van der Waals surface area contributed by atoms with Gasteiger partial charge in [-0.2, -0.15) is 0 Å². The van der Waals surface area contributed by atoms with Gasteiger partial charge < -0.3 is 15.0 Å². The highest BCUT2D eigenvalue weighted by molar-refractivity contribution is 6.30. The van der Waals surface area contributed by atoms with E-state index in [2.05, 4.69) is 26.1 Å². The SMILES string of the molecule is CC[C@@H](C)NC(=O)[C@@H](C)N(Cc1ccc(Cl)cc1)C(=O)COc1ccccc1C(C)(C)C. The van der Waals surface area contributed by atoms with Gasteiger partial charge in [-0.25, -0.2) is 0 Å². The Kier molecular flexibility index (Phi) is 9.14. The summed E-state index contributed by atoms with van der Waals surface area (Å²) in [6.07, 6.45) is 0.816. The number of para-hydroxylation sites is 1. The third kappa shape index (κ3) is 7.27. The van der Waals surface area contributed by atoms with Gasteiger partial charge in [0.05, 0.1) is 0 Å². The van der Waals surface area contributed by atoms with Crippen LogP contribution in [0.2, 0.25) is 5.02 Å². The Morgan fingerprint density at radius 3 is 2.28 bits per heavy atom. The smallest absolute Gasteiger partial charge is 0.261 e. The van der Waals surface area contributed by atoms with Gasteiger partial charge >= 0.3 is 0 Å². The molecule has 0 radical (unpaired) electrons. The molecule has 0 saturated carbocycles. The first-order valence-corrected chi connectivity index (χ1v) is 11.5. The molecule has 0 heterocycles. The van der Waals surface area contributed by atoms with E-state index in [0.717, 1.165) is 17.5 Å². The highest BCUT2D eigenvalue weighted by Crippen LogP contribution is 2.31. The number of benzene rings is 2. The number of halogens is 1. The van der Waals surface area contributed by atoms with Crippen LogP contribution in [0.15, 0.2) is 48.5 Å². The van der Waals surface area contributed by atoms with Gasteiger partial charge in [-0.15, -0.1) is 0 Å². The minimum absolute atomic E-state index is 0.0346. The Morgan fingerprint density at radius 2 is 1.69 bits per heavy atom. The average Bonchev–Trinajstić information content (AvgIpc) is 2.76. The minimum Gasteiger partial charge on any atom is -0.483 e. The lowest BCUT2D eigenvalue weighted by Gasteiger charge is -2.30. The maximum Gasteiger partial charge on any atom is 0.261 e. The standard InChI is InChI=1S/C26H35ClN2O3/c1-7-18(2)28-25(31)19(3)29(16-20-12-14-21(27)15-13-20)24(30)17-32-23-11-9-8-10-22(23)26(4,5)6/h8-15,18-19H,7,16-17H2,1-6H3,(H,28,31)/t18-,19-/m1/s1. The molecule has 2 amide bonds. The largest absolute Gasteiger partial charge is 0.483 e. The van der Waals surface area contributed by atoms with Crippen LogP contribution in [0.5, 0.6) is 5.75 Å². The average molecular weight is 459 g/mol. The van der Waals surface area contributed by atoms with E-state index in [1.807, 2.05) is 50.2 Å². The quantitative estimate of drug-likeness (QED) is 0.551. The molecule has 0 saturated heterocycles. The zero-order chi connectivity index (χ0) is 23.9. The van der Waals surface area contributed by atoms with E-state index in [9.17, 15) is 9.59 Å². The molecule has 0 aliphatic rings.